The Morgan fingerprint density at radius 2 is 1.95 bits per heavy atom. The summed E-state index contributed by atoms with van der Waals surface area (Å²) in [7, 11) is 0. The highest BCUT2D eigenvalue weighted by Crippen LogP contribution is 2.19. The smallest absolute Gasteiger partial charge is 0.147 e. The van der Waals surface area contributed by atoms with Crippen LogP contribution in [0.25, 0.3) is 5.69 Å². The number of aromatic nitrogens is 2. The van der Waals surface area contributed by atoms with Crippen molar-refractivity contribution in [2.24, 2.45) is 0 Å². The van der Waals surface area contributed by atoms with Gasteiger partial charge in [-0.15, -0.1) is 0 Å². The van der Waals surface area contributed by atoms with Crippen molar-refractivity contribution in [1.29, 1.82) is 0 Å². The summed E-state index contributed by atoms with van der Waals surface area (Å²) >= 11 is 5.72. The zero-order valence-electron chi connectivity index (χ0n) is 11.1. The molecule has 0 saturated carbocycles. The molecule has 0 bridgehead atoms. The Morgan fingerprint density at radius 1 is 1.14 bits per heavy atom. The van der Waals surface area contributed by atoms with Crippen molar-refractivity contribution in [3.63, 3.8) is 0 Å². The molecule has 0 unspecified atom stereocenters. The number of anilines is 1. The molecule has 2 aromatic carbocycles. The molecular formula is C16H13ClFN3. The topological polar surface area (TPSA) is 29.9 Å². The molecule has 3 rings (SSSR count). The summed E-state index contributed by atoms with van der Waals surface area (Å²) in [5.74, 6) is -0.363. The fourth-order valence-electron chi connectivity index (χ4n) is 2.00. The summed E-state index contributed by atoms with van der Waals surface area (Å²) in [4.78, 5) is 0. The number of hydrogen-bond donors (Lipinski definition) is 1. The lowest BCUT2D eigenvalue weighted by Crippen LogP contribution is -2.00. The van der Waals surface area contributed by atoms with Gasteiger partial charge in [0.2, 0.25) is 0 Å². The van der Waals surface area contributed by atoms with Crippen LogP contribution in [0.15, 0.2) is 60.9 Å². The maximum Gasteiger partial charge on any atom is 0.147 e. The summed E-state index contributed by atoms with van der Waals surface area (Å²) < 4.78 is 15.4. The van der Waals surface area contributed by atoms with Crippen LogP contribution in [0.5, 0.6) is 0 Å². The lowest BCUT2D eigenvalue weighted by molar-refractivity contribution is 0.630. The molecule has 0 spiro atoms. The Labute approximate surface area is 127 Å². The van der Waals surface area contributed by atoms with Crippen LogP contribution in [0.4, 0.5) is 10.1 Å². The van der Waals surface area contributed by atoms with Crippen molar-refractivity contribution in [3.8, 4) is 5.69 Å². The number of benzene rings is 2. The fourth-order valence-corrected chi connectivity index (χ4v) is 2.16. The first-order valence-electron chi connectivity index (χ1n) is 6.50. The second-order valence-corrected chi connectivity index (χ2v) is 5.04. The van der Waals surface area contributed by atoms with Gasteiger partial charge in [-0.2, -0.15) is 5.10 Å². The van der Waals surface area contributed by atoms with Crippen molar-refractivity contribution < 1.29 is 4.39 Å². The van der Waals surface area contributed by atoms with Crippen molar-refractivity contribution >= 4 is 17.3 Å². The Kier molecular flexibility index (Phi) is 3.88. The van der Waals surface area contributed by atoms with E-state index in [0.29, 0.717) is 17.3 Å². The maximum absolute atomic E-state index is 13.7. The molecule has 106 valence electrons. The second kappa shape index (κ2) is 5.97. The molecule has 1 heterocycles. The molecule has 0 radical (unpaired) electrons. The van der Waals surface area contributed by atoms with Gasteiger partial charge in [-0.3, -0.25) is 0 Å². The quantitative estimate of drug-likeness (QED) is 0.779. The molecular weight excluding hydrogens is 289 g/mol. The minimum atomic E-state index is -0.363. The van der Waals surface area contributed by atoms with E-state index >= 15 is 0 Å². The van der Waals surface area contributed by atoms with E-state index in [9.17, 15) is 4.39 Å². The van der Waals surface area contributed by atoms with Gasteiger partial charge in [0.25, 0.3) is 0 Å². The van der Waals surface area contributed by atoms with Gasteiger partial charge in [0.15, 0.2) is 0 Å². The highest BCUT2D eigenvalue weighted by molar-refractivity contribution is 6.30. The number of hydrogen-bond acceptors (Lipinski definition) is 2. The van der Waals surface area contributed by atoms with Gasteiger partial charge in [0, 0.05) is 23.3 Å². The minimum Gasteiger partial charge on any atom is -0.378 e. The predicted molar refractivity (Wildman–Crippen MR) is 82.3 cm³/mol. The van der Waals surface area contributed by atoms with Gasteiger partial charge in [0.05, 0.1) is 17.6 Å². The molecule has 0 aliphatic carbocycles. The van der Waals surface area contributed by atoms with Gasteiger partial charge in [0.1, 0.15) is 5.82 Å². The summed E-state index contributed by atoms with van der Waals surface area (Å²) in [6.45, 7) is 0.491. The molecule has 3 nitrogen and oxygen atoms in total. The van der Waals surface area contributed by atoms with Crippen LogP contribution in [0.3, 0.4) is 0 Å². The third kappa shape index (κ3) is 3.23. The zero-order chi connectivity index (χ0) is 14.7. The first-order chi connectivity index (χ1) is 10.2. The molecule has 21 heavy (non-hydrogen) atoms. The Morgan fingerprint density at radius 3 is 2.71 bits per heavy atom. The van der Waals surface area contributed by atoms with Crippen molar-refractivity contribution in [2.75, 3.05) is 5.32 Å². The Balaban J connectivity index is 1.70. The lowest BCUT2D eigenvalue weighted by atomic mass is 10.3. The molecule has 1 N–H and O–H groups in total. The summed E-state index contributed by atoms with van der Waals surface area (Å²) in [6.07, 6.45) is 3.67. The molecule has 0 fully saturated rings. The van der Waals surface area contributed by atoms with Gasteiger partial charge < -0.3 is 5.32 Å². The van der Waals surface area contributed by atoms with Crippen molar-refractivity contribution in [1.82, 2.24) is 9.78 Å². The molecule has 0 amide bonds. The summed E-state index contributed by atoms with van der Waals surface area (Å²) in [5.41, 5.74) is 2.38. The number of nitrogens with one attached hydrogen (secondary N) is 1. The van der Waals surface area contributed by atoms with E-state index < -0.39 is 0 Å². The lowest BCUT2D eigenvalue weighted by Gasteiger charge is -2.06. The van der Waals surface area contributed by atoms with E-state index in [1.807, 2.05) is 36.5 Å². The first-order valence-corrected chi connectivity index (χ1v) is 6.88. The monoisotopic (exact) mass is 301 g/mol. The van der Waals surface area contributed by atoms with Crippen LogP contribution < -0.4 is 5.32 Å². The van der Waals surface area contributed by atoms with Crippen LogP contribution in [-0.4, -0.2) is 9.78 Å². The van der Waals surface area contributed by atoms with E-state index in [1.165, 1.54) is 6.07 Å². The average Bonchev–Trinajstić information content (AvgIpc) is 2.96. The van der Waals surface area contributed by atoms with E-state index in [-0.39, 0.29) is 5.82 Å². The standard InChI is InChI=1S/C16H13ClFN3/c17-13-6-7-16(15(18)8-13)19-9-12-10-20-21(11-12)14-4-2-1-3-5-14/h1-8,10-11,19H,9H2. The number of halogens is 2. The highest BCUT2D eigenvalue weighted by atomic mass is 35.5. The largest absolute Gasteiger partial charge is 0.378 e. The summed E-state index contributed by atoms with van der Waals surface area (Å²) in [5, 5.41) is 7.72. The van der Waals surface area contributed by atoms with Crippen LogP contribution in [-0.2, 0) is 6.54 Å². The number of rotatable bonds is 4. The third-order valence-electron chi connectivity index (χ3n) is 3.07. The second-order valence-electron chi connectivity index (χ2n) is 4.61. The third-order valence-corrected chi connectivity index (χ3v) is 3.31. The molecule has 1 aromatic heterocycles. The molecule has 0 aliphatic rings. The Hall–Kier alpha value is -2.33. The SMILES string of the molecule is Fc1cc(Cl)ccc1NCc1cnn(-c2ccccc2)c1. The normalized spacial score (nSPS) is 10.6. The van der Waals surface area contributed by atoms with Crippen LogP contribution in [0, 0.1) is 5.82 Å². The van der Waals surface area contributed by atoms with Gasteiger partial charge in [-0.25, -0.2) is 9.07 Å². The van der Waals surface area contributed by atoms with Crippen LogP contribution in [0.2, 0.25) is 5.02 Å². The van der Waals surface area contributed by atoms with Crippen molar-refractivity contribution in [2.45, 2.75) is 6.54 Å². The summed E-state index contributed by atoms with van der Waals surface area (Å²) in [6, 6.07) is 14.4. The highest BCUT2D eigenvalue weighted by Gasteiger charge is 2.04. The van der Waals surface area contributed by atoms with E-state index in [4.69, 9.17) is 11.6 Å². The molecule has 0 aliphatic heterocycles. The fraction of sp³-hybridized carbons (Fsp3) is 0.0625. The Bertz CT molecular complexity index is 740. The number of para-hydroxylation sites is 1. The molecule has 0 saturated heterocycles. The average molecular weight is 302 g/mol. The van der Waals surface area contributed by atoms with Gasteiger partial charge >= 0.3 is 0 Å². The number of nitrogens with zero attached hydrogens (tertiary/aromatic N) is 2. The minimum absolute atomic E-state index is 0.363. The maximum atomic E-state index is 13.7. The molecule has 5 heteroatoms. The first kappa shape index (κ1) is 13.6. The molecule has 0 atom stereocenters. The van der Waals surface area contributed by atoms with Gasteiger partial charge in [-0.1, -0.05) is 29.8 Å². The van der Waals surface area contributed by atoms with E-state index in [0.717, 1.165) is 11.3 Å². The predicted octanol–water partition coefficient (Wildman–Crippen LogP) is 4.28. The van der Waals surface area contributed by atoms with Gasteiger partial charge in [-0.05, 0) is 30.3 Å². The molecule has 3 aromatic rings. The van der Waals surface area contributed by atoms with E-state index in [2.05, 4.69) is 10.4 Å². The van der Waals surface area contributed by atoms with E-state index in [1.54, 1.807) is 23.0 Å². The van der Waals surface area contributed by atoms with Crippen LogP contribution >= 0.6 is 11.6 Å². The van der Waals surface area contributed by atoms with Crippen LogP contribution in [0.1, 0.15) is 5.56 Å². The van der Waals surface area contributed by atoms with Crippen molar-refractivity contribution in [3.05, 3.63) is 77.3 Å². The zero-order valence-corrected chi connectivity index (χ0v) is 11.9.